The van der Waals surface area contributed by atoms with Crippen LogP contribution in [0.4, 0.5) is 0 Å². The minimum absolute atomic E-state index is 0.395. The van der Waals surface area contributed by atoms with Crippen LogP contribution >= 0.6 is 0 Å². The Morgan fingerprint density at radius 3 is 2.24 bits per heavy atom. The van der Waals surface area contributed by atoms with Crippen molar-refractivity contribution in [1.82, 2.24) is 5.32 Å². The van der Waals surface area contributed by atoms with Crippen LogP contribution in [0.3, 0.4) is 0 Å². The quantitative estimate of drug-likeness (QED) is 0.440. The lowest BCUT2D eigenvalue weighted by Gasteiger charge is -2.41. The van der Waals surface area contributed by atoms with E-state index in [1.54, 1.807) is 0 Å². The molecule has 17 heavy (non-hydrogen) atoms. The number of amides is 1. The minimum atomic E-state index is -1.36. The Morgan fingerprint density at radius 1 is 1.24 bits per heavy atom. The average molecular weight is 247 g/mol. The number of ketones is 1. The molecule has 0 aromatic heterocycles. The van der Waals surface area contributed by atoms with Crippen LogP contribution < -0.4 is 5.32 Å². The number of rotatable bonds is 3. The van der Waals surface area contributed by atoms with E-state index in [0.717, 1.165) is 0 Å². The van der Waals surface area contributed by atoms with Crippen LogP contribution in [0.2, 0.25) is 0 Å². The van der Waals surface area contributed by atoms with Gasteiger partial charge in [0.2, 0.25) is 5.91 Å². The molecule has 0 radical (unpaired) electrons. The Balaban J connectivity index is 2.90. The first-order chi connectivity index (χ1) is 7.88. The van der Waals surface area contributed by atoms with Crippen molar-refractivity contribution >= 4 is 11.7 Å². The van der Waals surface area contributed by atoms with Crippen molar-refractivity contribution in [3.8, 4) is 0 Å². The van der Waals surface area contributed by atoms with Gasteiger partial charge in [-0.1, -0.05) is 0 Å². The number of Topliss-reactive ketones (excluding diaryl/α,β-unsaturated/α-hetero) is 1. The molecule has 0 aromatic rings. The normalized spacial score (nSPS) is 37.6. The second-order valence-electron chi connectivity index (χ2n) is 4.10. The summed E-state index contributed by atoms with van der Waals surface area (Å²) >= 11 is 0. The maximum Gasteiger partial charge on any atom is 0.217 e. The fourth-order valence-corrected chi connectivity index (χ4v) is 1.86. The summed E-state index contributed by atoms with van der Waals surface area (Å²) in [6, 6.07) is -1.01. The molecule has 5 unspecified atom stereocenters. The predicted molar refractivity (Wildman–Crippen MR) is 56.0 cm³/mol. The molecule has 1 aliphatic rings. The van der Waals surface area contributed by atoms with Gasteiger partial charge in [-0.2, -0.15) is 0 Å². The Bertz CT molecular complexity index is 307. The lowest BCUT2D eigenvalue weighted by molar-refractivity contribution is -0.196. The second-order valence-corrected chi connectivity index (χ2v) is 4.10. The fourth-order valence-electron chi connectivity index (χ4n) is 1.86. The van der Waals surface area contributed by atoms with Crippen molar-refractivity contribution in [1.29, 1.82) is 0 Å². The molecule has 0 aliphatic carbocycles. The van der Waals surface area contributed by atoms with Gasteiger partial charge in [-0.3, -0.25) is 9.59 Å². The smallest absolute Gasteiger partial charge is 0.217 e. The zero-order chi connectivity index (χ0) is 13.2. The molecule has 0 spiro atoms. The summed E-state index contributed by atoms with van der Waals surface area (Å²) in [5.74, 6) is -0.841. The van der Waals surface area contributed by atoms with Gasteiger partial charge in [0, 0.05) is 6.92 Å². The van der Waals surface area contributed by atoms with Gasteiger partial charge in [0.15, 0.2) is 5.78 Å². The summed E-state index contributed by atoms with van der Waals surface area (Å²) in [5.41, 5.74) is 0. The van der Waals surface area contributed by atoms with Crippen LogP contribution in [-0.2, 0) is 14.3 Å². The molecule has 7 nitrogen and oxygen atoms in total. The number of hydrogen-bond acceptors (Lipinski definition) is 6. The number of hydrogen-bond donors (Lipinski definition) is 4. The molecule has 0 bridgehead atoms. The molecule has 5 atom stereocenters. The number of ether oxygens (including phenoxy) is 1. The van der Waals surface area contributed by atoms with Crippen LogP contribution in [0.1, 0.15) is 13.8 Å². The van der Waals surface area contributed by atoms with Crippen molar-refractivity contribution in [2.75, 3.05) is 6.61 Å². The summed E-state index contributed by atoms with van der Waals surface area (Å²) in [4.78, 5) is 22.3. The maximum absolute atomic E-state index is 11.4. The van der Waals surface area contributed by atoms with E-state index in [4.69, 9.17) is 9.84 Å². The van der Waals surface area contributed by atoms with E-state index in [2.05, 4.69) is 5.32 Å². The van der Waals surface area contributed by atoms with Gasteiger partial charge >= 0.3 is 0 Å². The van der Waals surface area contributed by atoms with Gasteiger partial charge in [-0.25, -0.2) is 0 Å². The number of carbonyl (C=O) groups excluding carboxylic acids is 2. The minimum Gasteiger partial charge on any atom is -0.394 e. The zero-order valence-corrected chi connectivity index (χ0v) is 9.66. The summed E-state index contributed by atoms with van der Waals surface area (Å²) in [6.07, 6.45) is -4.83. The Kier molecular flexibility index (Phi) is 4.58. The lowest BCUT2D eigenvalue weighted by Crippen LogP contribution is -2.65. The van der Waals surface area contributed by atoms with E-state index in [1.807, 2.05) is 0 Å². The highest BCUT2D eigenvalue weighted by Gasteiger charge is 2.46. The zero-order valence-electron chi connectivity index (χ0n) is 9.66. The van der Waals surface area contributed by atoms with E-state index in [-0.39, 0.29) is 0 Å². The highest BCUT2D eigenvalue weighted by molar-refractivity contribution is 5.83. The molecule has 1 rings (SSSR count). The largest absolute Gasteiger partial charge is 0.394 e. The van der Waals surface area contributed by atoms with E-state index in [1.165, 1.54) is 13.8 Å². The molecule has 98 valence electrons. The molecule has 1 aliphatic heterocycles. The van der Waals surface area contributed by atoms with Crippen LogP contribution in [0.5, 0.6) is 0 Å². The monoisotopic (exact) mass is 247 g/mol. The summed E-state index contributed by atoms with van der Waals surface area (Å²) in [7, 11) is 0. The van der Waals surface area contributed by atoms with Gasteiger partial charge in [0.05, 0.1) is 12.6 Å². The first kappa shape index (κ1) is 14.0. The number of aliphatic hydroxyl groups is 3. The Labute approximate surface area is 98.4 Å². The van der Waals surface area contributed by atoms with Crippen LogP contribution in [0.15, 0.2) is 0 Å². The van der Waals surface area contributed by atoms with E-state index in [9.17, 15) is 19.8 Å². The number of carbonyl (C=O) groups is 2. The molecule has 1 saturated heterocycles. The van der Waals surface area contributed by atoms with E-state index >= 15 is 0 Å². The standard InChI is InChI=1S/C10H17NO6/c1-4(13)10-7(11-5(2)14)9(16)8(15)6(3-12)17-10/h6-10,12,15-16H,3H2,1-2H3,(H,11,14). The molecule has 4 N–H and O–H groups in total. The average Bonchev–Trinajstić information content (AvgIpc) is 2.24. The molecule has 1 heterocycles. The molecule has 7 heteroatoms. The van der Waals surface area contributed by atoms with Gasteiger partial charge in [0.25, 0.3) is 0 Å². The van der Waals surface area contributed by atoms with Crippen molar-refractivity contribution in [2.24, 2.45) is 0 Å². The first-order valence-corrected chi connectivity index (χ1v) is 5.28. The third-order valence-corrected chi connectivity index (χ3v) is 2.70. The molecule has 1 amide bonds. The van der Waals surface area contributed by atoms with Crippen LogP contribution in [0, 0.1) is 0 Å². The van der Waals surface area contributed by atoms with Crippen molar-refractivity contribution < 1.29 is 29.6 Å². The Hall–Kier alpha value is -1.02. The molecular formula is C10H17NO6. The number of aliphatic hydroxyl groups excluding tert-OH is 3. The second kappa shape index (κ2) is 5.54. The van der Waals surface area contributed by atoms with Crippen molar-refractivity contribution in [3.63, 3.8) is 0 Å². The molecule has 0 saturated carbocycles. The predicted octanol–water partition coefficient (Wildman–Crippen LogP) is -2.44. The summed E-state index contributed by atoms with van der Waals surface area (Å²) in [6.45, 7) is 1.96. The van der Waals surface area contributed by atoms with E-state index < -0.39 is 48.8 Å². The fraction of sp³-hybridized carbons (Fsp3) is 0.800. The van der Waals surface area contributed by atoms with Gasteiger partial charge in [-0.05, 0) is 6.92 Å². The summed E-state index contributed by atoms with van der Waals surface area (Å²) < 4.78 is 5.17. The highest BCUT2D eigenvalue weighted by atomic mass is 16.5. The lowest BCUT2D eigenvalue weighted by atomic mass is 9.91. The third kappa shape index (κ3) is 3.01. The SMILES string of the molecule is CC(=O)NC1C(C(C)=O)OC(CO)C(O)C1O. The van der Waals surface area contributed by atoms with Gasteiger partial charge < -0.3 is 25.4 Å². The van der Waals surface area contributed by atoms with Crippen LogP contribution in [0.25, 0.3) is 0 Å². The highest BCUT2D eigenvalue weighted by Crippen LogP contribution is 2.21. The van der Waals surface area contributed by atoms with E-state index in [0.29, 0.717) is 0 Å². The Morgan fingerprint density at radius 2 is 1.82 bits per heavy atom. The van der Waals surface area contributed by atoms with Gasteiger partial charge in [-0.15, -0.1) is 0 Å². The maximum atomic E-state index is 11.4. The van der Waals surface area contributed by atoms with Gasteiger partial charge in [0.1, 0.15) is 24.4 Å². The molecule has 1 fully saturated rings. The molecular weight excluding hydrogens is 230 g/mol. The van der Waals surface area contributed by atoms with Crippen molar-refractivity contribution in [2.45, 2.75) is 44.3 Å². The molecule has 0 aromatic carbocycles. The topological polar surface area (TPSA) is 116 Å². The third-order valence-electron chi connectivity index (χ3n) is 2.70. The van der Waals surface area contributed by atoms with Crippen LogP contribution in [-0.4, -0.2) is 64.1 Å². The van der Waals surface area contributed by atoms with Crippen molar-refractivity contribution in [3.05, 3.63) is 0 Å². The first-order valence-electron chi connectivity index (χ1n) is 5.28. The number of nitrogens with one attached hydrogen (secondary N) is 1. The summed E-state index contributed by atoms with van der Waals surface area (Å²) in [5, 5.41) is 30.7.